The van der Waals surface area contributed by atoms with Crippen molar-refractivity contribution in [2.24, 2.45) is 0 Å². The van der Waals surface area contributed by atoms with Gasteiger partial charge in [-0.15, -0.1) is 0 Å². The molecular formula is C16H16N2O2S. The Balaban J connectivity index is 2.28. The van der Waals surface area contributed by atoms with Gasteiger partial charge in [0.25, 0.3) is 10.0 Å². The van der Waals surface area contributed by atoms with E-state index in [2.05, 4.69) is 4.72 Å². The van der Waals surface area contributed by atoms with E-state index in [1.807, 2.05) is 25.1 Å². The number of benzene rings is 2. The van der Waals surface area contributed by atoms with Crippen LogP contribution in [0.4, 0.5) is 5.69 Å². The van der Waals surface area contributed by atoms with Crippen LogP contribution in [0.1, 0.15) is 18.1 Å². The van der Waals surface area contributed by atoms with E-state index in [0.29, 0.717) is 5.69 Å². The summed E-state index contributed by atoms with van der Waals surface area (Å²) in [5, 5.41) is 8.62. The van der Waals surface area contributed by atoms with Crippen LogP contribution in [0, 0.1) is 11.3 Å². The summed E-state index contributed by atoms with van der Waals surface area (Å²) in [6.07, 6.45) is 1.02. The Hall–Kier alpha value is -2.32. The Kier molecular flexibility index (Phi) is 4.61. The lowest BCUT2D eigenvalue weighted by atomic mass is 10.1. The molecule has 0 fully saturated rings. The lowest BCUT2D eigenvalue weighted by Crippen LogP contribution is -2.14. The number of nitrogens with zero attached hydrogens (tertiary/aromatic N) is 1. The highest BCUT2D eigenvalue weighted by atomic mass is 32.2. The molecule has 21 heavy (non-hydrogen) atoms. The Labute approximate surface area is 125 Å². The molecule has 0 spiro atoms. The van der Waals surface area contributed by atoms with Crippen molar-refractivity contribution in [2.75, 3.05) is 4.72 Å². The molecule has 4 nitrogen and oxygen atoms in total. The zero-order chi connectivity index (χ0) is 15.3. The van der Waals surface area contributed by atoms with Gasteiger partial charge in [0, 0.05) is 0 Å². The smallest absolute Gasteiger partial charge is 0.261 e. The van der Waals surface area contributed by atoms with Gasteiger partial charge in [0.05, 0.1) is 23.1 Å². The standard InChI is InChI=1S/C16H16N2O2S/c1-2-14-5-3-4-6-16(14)18-21(19,20)15-9-7-13(8-10-15)11-12-17/h3-10,18H,2,11H2,1H3. The maximum absolute atomic E-state index is 12.4. The first-order valence-electron chi connectivity index (χ1n) is 6.63. The van der Waals surface area contributed by atoms with Crippen LogP contribution in [-0.2, 0) is 22.9 Å². The molecule has 0 radical (unpaired) electrons. The average molecular weight is 300 g/mol. The van der Waals surface area contributed by atoms with Gasteiger partial charge in [-0.1, -0.05) is 37.3 Å². The molecule has 0 atom stereocenters. The van der Waals surface area contributed by atoms with Gasteiger partial charge in [-0.05, 0) is 35.7 Å². The van der Waals surface area contributed by atoms with Crippen LogP contribution in [-0.4, -0.2) is 8.42 Å². The van der Waals surface area contributed by atoms with Crippen molar-refractivity contribution < 1.29 is 8.42 Å². The number of hydrogen-bond donors (Lipinski definition) is 1. The number of rotatable bonds is 5. The van der Waals surface area contributed by atoms with Crippen molar-refractivity contribution in [3.8, 4) is 6.07 Å². The molecule has 2 aromatic rings. The summed E-state index contributed by atoms with van der Waals surface area (Å²) in [6.45, 7) is 1.98. The fraction of sp³-hybridized carbons (Fsp3) is 0.188. The number of sulfonamides is 1. The third kappa shape index (κ3) is 3.61. The maximum atomic E-state index is 12.4. The Morgan fingerprint density at radius 2 is 1.76 bits per heavy atom. The lowest BCUT2D eigenvalue weighted by molar-refractivity contribution is 0.601. The third-order valence-corrected chi connectivity index (χ3v) is 4.54. The van der Waals surface area contributed by atoms with Crippen LogP contribution in [0.5, 0.6) is 0 Å². The van der Waals surface area contributed by atoms with Gasteiger partial charge in [0.2, 0.25) is 0 Å². The van der Waals surface area contributed by atoms with E-state index in [1.165, 1.54) is 12.1 Å². The largest absolute Gasteiger partial charge is 0.279 e. The van der Waals surface area contributed by atoms with E-state index < -0.39 is 10.0 Å². The van der Waals surface area contributed by atoms with E-state index in [-0.39, 0.29) is 11.3 Å². The third-order valence-electron chi connectivity index (χ3n) is 3.16. The second kappa shape index (κ2) is 6.42. The predicted octanol–water partition coefficient (Wildman–Crippen LogP) is 3.12. The topological polar surface area (TPSA) is 70.0 Å². The molecule has 0 aliphatic rings. The molecule has 0 aliphatic heterocycles. The molecule has 0 aliphatic carbocycles. The van der Waals surface area contributed by atoms with E-state index in [0.717, 1.165) is 17.5 Å². The summed E-state index contributed by atoms with van der Waals surface area (Å²) in [4.78, 5) is 0.190. The normalized spacial score (nSPS) is 10.9. The SMILES string of the molecule is CCc1ccccc1NS(=O)(=O)c1ccc(CC#N)cc1. The number of nitriles is 1. The van der Waals surface area contributed by atoms with E-state index in [4.69, 9.17) is 5.26 Å². The van der Waals surface area contributed by atoms with Crippen LogP contribution in [0.2, 0.25) is 0 Å². The molecular weight excluding hydrogens is 284 g/mol. The summed E-state index contributed by atoms with van der Waals surface area (Å²) in [6, 6.07) is 15.7. The number of aryl methyl sites for hydroxylation is 1. The second-order valence-corrected chi connectivity index (χ2v) is 6.28. The highest BCUT2D eigenvalue weighted by Crippen LogP contribution is 2.20. The minimum absolute atomic E-state index is 0.190. The van der Waals surface area contributed by atoms with Crippen molar-refractivity contribution in [1.29, 1.82) is 5.26 Å². The first kappa shape index (κ1) is 15.1. The molecule has 0 aromatic heterocycles. The minimum atomic E-state index is -3.61. The summed E-state index contributed by atoms with van der Waals surface area (Å²) >= 11 is 0. The maximum Gasteiger partial charge on any atom is 0.261 e. The van der Waals surface area contributed by atoms with E-state index in [9.17, 15) is 8.42 Å². The van der Waals surface area contributed by atoms with Crippen LogP contribution in [0.15, 0.2) is 53.4 Å². The molecule has 0 amide bonds. The second-order valence-electron chi connectivity index (χ2n) is 4.60. The van der Waals surface area contributed by atoms with Crippen molar-refractivity contribution >= 4 is 15.7 Å². The summed E-state index contributed by atoms with van der Waals surface area (Å²) < 4.78 is 27.3. The van der Waals surface area contributed by atoms with Gasteiger partial charge < -0.3 is 0 Å². The molecule has 0 unspecified atom stereocenters. The quantitative estimate of drug-likeness (QED) is 0.922. The average Bonchev–Trinajstić information content (AvgIpc) is 2.48. The molecule has 0 heterocycles. The van der Waals surface area contributed by atoms with Gasteiger partial charge in [0.15, 0.2) is 0 Å². The van der Waals surface area contributed by atoms with Crippen molar-refractivity contribution in [3.63, 3.8) is 0 Å². The fourth-order valence-electron chi connectivity index (χ4n) is 2.01. The van der Waals surface area contributed by atoms with Crippen LogP contribution < -0.4 is 4.72 Å². The first-order valence-corrected chi connectivity index (χ1v) is 8.11. The zero-order valence-corrected chi connectivity index (χ0v) is 12.5. The molecule has 0 bridgehead atoms. The van der Waals surface area contributed by atoms with Gasteiger partial charge in [-0.2, -0.15) is 5.26 Å². The summed E-state index contributed by atoms with van der Waals surface area (Å²) in [7, 11) is -3.61. The van der Waals surface area contributed by atoms with Gasteiger partial charge in [-0.3, -0.25) is 4.72 Å². The number of anilines is 1. The zero-order valence-electron chi connectivity index (χ0n) is 11.7. The van der Waals surface area contributed by atoms with E-state index in [1.54, 1.807) is 24.3 Å². The van der Waals surface area contributed by atoms with Gasteiger partial charge in [-0.25, -0.2) is 8.42 Å². The van der Waals surface area contributed by atoms with Crippen molar-refractivity contribution in [2.45, 2.75) is 24.7 Å². The summed E-state index contributed by atoms with van der Waals surface area (Å²) in [5.41, 5.74) is 2.34. The molecule has 0 saturated carbocycles. The molecule has 2 aromatic carbocycles. The fourth-order valence-corrected chi connectivity index (χ4v) is 3.11. The summed E-state index contributed by atoms with van der Waals surface area (Å²) in [5.74, 6) is 0. The Morgan fingerprint density at radius 1 is 1.10 bits per heavy atom. The molecule has 0 saturated heterocycles. The van der Waals surface area contributed by atoms with Gasteiger partial charge >= 0.3 is 0 Å². The van der Waals surface area contributed by atoms with E-state index >= 15 is 0 Å². The van der Waals surface area contributed by atoms with Crippen LogP contribution in [0.25, 0.3) is 0 Å². The lowest BCUT2D eigenvalue weighted by Gasteiger charge is -2.11. The minimum Gasteiger partial charge on any atom is -0.279 e. The molecule has 1 N–H and O–H groups in total. The molecule has 2 rings (SSSR count). The van der Waals surface area contributed by atoms with Crippen LogP contribution in [0.3, 0.4) is 0 Å². The first-order chi connectivity index (χ1) is 10.1. The molecule has 108 valence electrons. The Bertz CT molecular complexity index is 760. The van der Waals surface area contributed by atoms with Crippen molar-refractivity contribution in [1.82, 2.24) is 0 Å². The van der Waals surface area contributed by atoms with Crippen LogP contribution >= 0.6 is 0 Å². The number of hydrogen-bond acceptors (Lipinski definition) is 3. The number of para-hydroxylation sites is 1. The predicted molar refractivity (Wildman–Crippen MR) is 82.4 cm³/mol. The van der Waals surface area contributed by atoms with Crippen molar-refractivity contribution in [3.05, 3.63) is 59.7 Å². The van der Waals surface area contributed by atoms with Gasteiger partial charge in [0.1, 0.15) is 0 Å². The highest BCUT2D eigenvalue weighted by Gasteiger charge is 2.15. The Morgan fingerprint density at radius 3 is 2.38 bits per heavy atom. The monoisotopic (exact) mass is 300 g/mol. The molecule has 5 heteroatoms. The highest BCUT2D eigenvalue weighted by molar-refractivity contribution is 7.92. The number of nitrogens with one attached hydrogen (secondary N) is 1.